The molecule has 0 aromatic heterocycles. The summed E-state index contributed by atoms with van der Waals surface area (Å²) in [6.45, 7) is 4.78. The highest BCUT2D eigenvalue weighted by atomic mass is 16.5. The minimum Gasteiger partial charge on any atom is -0.508 e. The van der Waals surface area contributed by atoms with Gasteiger partial charge in [0.25, 0.3) is 0 Å². The standard InChI is InChI=1S/C17H24N2O4/c1-11-9-18-14(16(22)19-10-15(21)23-3)8-17(11,2)12-5-4-6-13(20)7-12/h4-7,11,14,18,20H,8-10H2,1-3H3,(H,19,22)/t11-,14?,17+/m0/s1. The molecule has 1 aliphatic rings. The molecule has 1 aliphatic heterocycles. The van der Waals surface area contributed by atoms with Gasteiger partial charge in [-0.25, -0.2) is 0 Å². The van der Waals surface area contributed by atoms with Crippen LogP contribution in [0.3, 0.4) is 0 Å². The molecule has 6 nitrogen and oxygen atoms in total. The molecule has 0 saturated carbocycles. The van der Waals surface area contributed by atoms with Crippen LogP contribution < -0.4 is 10.6 Å². The number of phenolic OH excluding ortho intramolecular Hbond substituents is 1. The first kappa shape index (κ1) is 17.3. The fourth-order valence-corrected chi connectivity index (χ4v) is 3.05. The molecule has 1 fully saturated rings. The van der Waals surface area contributed by atoms with E-state index >= 15 is 0 Å². The van der Waals surface area contributed by atoms with Crippen LogP contribution >= 0.6 is 0 Å². The van der Waals surface area contributed by atoms with Crippen LogP contribution in [0, 0.1) is 5.92 Å². The highest BCUT2D eigenvalue weighted by Gasteiger charge is 2.41. The molecule has 1 heterocycles. The molecule has 3 atom stereocenters. The summed E-state index contributed by atoms with van der Waals surface area (Å²) in [5.41, 5.74) is 0.773. The number of phenols is 1. The number of piperidine rings is 1. The third-order valence-electron chi connectivity index (χ3n) is 4.84. The van der Waals surface area contributed by atoms with E-state index < -0.39 is 5.97 Å². The van der Waals surface area contributed by atoms with Crippen LogP contribution in [0.2, 0.25) is 0 Å². The van der Waals surface area contributed by atoms with Crippen LogP contribution in [0.25, 0.3) is 0 Å². The third kappa shape index (κ3) is 3.82. The topological polar surface area (TPSA) is 87.7 Å². The first-order valence-corrected chi connectivity index (χ1v) is 7.74. The SMILES string of the molecule is COC(=O)CNC(=O)C1C[C@@](C)(c2cccc(O)c2)[C@@H](C)CN1. The summed E-state index contributed by atoms with van der Waals surface area (Å²) in [5, 5.41) is 15.6. The molecule has 0 bridgehead atoms. The minimum absolute atomic E-state index is 0.133. The zero-order valence-corrected chi connectivity index (χ0v) is 13.8. The number of carbonyl (C=O) groups is 2. The van der Waals surface area contributed by atoms with Gasteiger partial charge in [-0.05, 0) is 42.0 Å². The Morgan fingerprint density at radius 3 is 2.87 bits per heavy atom. The smallest absolute Gasteiger partial charge is 0.325 e. The summed E-state index contributed by atoms with van der Waals surface area (Å²) in [7, 11) is 1.29. The Labute approximate surface area is 136 Å². The number of ether oxygens (including phenoxy) is 1. The molecule has 1 saturated heterocycles. The maximum atomic E-state index is 12.3. The minimum atomic E-state index is -0.474. The average molecular weight is 320 g/mol. The number of amides is 1. The predicted molar refractivity (Wildman–Crippen MR) is 86.1 cm³/mol. The molecule has 0 radical (unpaired) electrons. The second kappa shape index (κ2) is 7.00. The second-order valence-electron chi connectivity index (χ2n) is 6.33. The van der Waals surface area contributed by atoms with Crippen molar-refractivity contribution >= 4 is 11.9 Å². The number of hydrogen-bond donors (Lipinski definition) is 3. The summed E-state index contributed by atoms with van der Waals surface area (Å²) >= 11 is 0. The normalized spacial score (nSPS) is 27.3. The molecule has 1 amide bonds. The van der Waals surface area contributed by atoms with E-state index in [1.165, 1.54) is 7.11 Å². The van der Waals surface area contributed by atoms with Gasteiger partial charge in [0.05, 0.1) is 13.2 Å². The summed E-state index contributed by atoms with van der Waals surface area (Å²) in [4.78, 5) is 23.4. The van der Waals surface area contributed by atoms with Crippen LogP contribution in [0.4, 0.5) is 0 Å². The Bertz CT molecular complexity index is 590. The van der Waals surface area contributed by atoms with Crippen molar-refractivity contribution in [2.45, 2.75) is 31.7 Å². The Hall–Kier alpha value is -2.08. The summed E-state index contributed by atoms with van der Waals surface area (Å²) < 4.78 is 4.53. The number of nitrogens with one attached hydrogen (secondary N) is 2. The Balaban J connectivity index is 2.12. The molecule has 23 heavy (non-hydrogen) atoms. The zero-order chi connectivity index (χ0) is 17.0. The van der Waals surface area contributed by atoms with E-state index in [1.54, 1.807) is 12.1 Å². The van der Waals surface area contributed by atoms with E-state index in [4.69, 9.17) is 0 Å². The molecule has 1 aromatic rings. The van der Waals surface area contributed by atoms with Gasteiger partial charge in [-0.15, -0.1) is 0 Å². The highest BCUT2D eigenvalue weighted by Crippen LogP contribution is 2.39. The lowest BCUT2D eigenvalue weighted by Crippen LogP contribution is -2.56. The Morgan fingerprint density at radius 1 is 1.48 bits per heavy atom. The van der Waals surface area contributed by atoms with Crippen molar-refractivity contribution in [2.75, 3.05) is 20.2 Å². The van der Waals surface area contributed by atoms with Crippen LogP contribution in [0.1, 0.15) is 25.8 Å². The first-order chi connectivity index (χ1) is 10.9. The summed E-state index contributed by atoms with van der Waals surface area (Å²) in [5.74, 6) is -0.165. The van der Waals surface area contributed by atoms with E-state index in [2.05, 4.69) is 29.2 Å². The van der Waals surface area contributed by atoms with Crippen molar-refractivity contribution in [3.63, 3.8) is 0 Å². The van der Waals surface area contributed by atoms with Gasteiger partial charge in [0.1, 0.15) is 12.3 Å². The third-order valence-corrected chi connectivity index (χ3v) is 4.84. The quantitative estimate of drug-likeness (QED) is 0.719. The largest absolute Gasteiger partial charge is 0.508 e. The molecule has 2 rings (SSSR count). The van der Waals surface area contributed by atoms with Crippen molar-refractivity contribution in [3.8, 4) is 5.75 Å². The number of hydrogen-bond acceptors (Lipinski definition) is 5. The first-order valence-electron chi connectivity index (χ1n) is 7.74. The maximum Gasteiger partial charge on any atom is 0.325 e. The lowest BCUT2D eigenvalue weighted by atomic mass is 9.66. The lowest BCUT2D eigenvalue weighted by Gasteiger charge is -2.44. The summed E-state index contributed by atoms with van der Waals surface area (Å²) in [6.07, 6.45) is 0.588. The van der Waals surface area contributed by atoms with Crippen molar-refractivity contribution in [1.82, 2.24) is 10.6 Å². The summed E-state index contributed by atoms with van der Waals surface area (Å²) in [6, 6.07) is 6.80. The second-order valence-corrected chi connectivity index (χ2v) is 6.33. The van der Waals surface area contributed by atoms with Gasteiger partial charge in [-0.2, -0.15) is 0 Å². The van der Waals surface area contributed by atoms with Gasteiger partial charge in [-0.1, -0.05) is 26.0 Å². The number of rotatable bonds is 4. The number of benzene rings is 1. The fourth-order valence-electron chi connectivity index (χ4n) is 3.05. The van der Waals surface area contributed by atoms with Crippen molar-refractivity contribution in [1.29, 1.82) is 0 Å². The fraction of sp³-hybridized carbons (Fsp3) is 0.529. The molecular weight excluding hydrogens is 296 g/mol. The van der Waals surface area contributed by atoms with Gasteiger partial charge in [-0.3, -0.25) is 9.59 Å². The van der Waals surface area contributed by atoms with Gasteiger partial charge in [0.2, 0.25) is 5.91 Å². The van der Waals surface area contributed by atoms with Crippen molar-refractivity contribution < 1.29 is 19.4 Å². The average Bonchev–Trinajstić information content (AvgIpc) is 2.54. The molecule has 1 unspecified atom stereocenters. The van der Waals surface area contributed by atoms with Crippen molar-refractivity contribution in [3.05, 3.63) is 29.8 Å². The number of aromatic hydroxyl groups is 1. The van der Waals surface area contributed by atoms with Gasteiger partial charge >= 0.3 is 5.97 Å². The van der Waals surface area contributed by atoms with Crippen LogP contribution in [0.15, 0.2) is 24.3 Å². The molecule has 1 aromatic carbocycles. The molecule has 3 N–H and O–H groups in total. The van der Waals surface area contributed by atoms with Crippen LogP contribution in [0.5, 0.6) is 5.75 Å². The number of carbonyl (C=O) groups excluding carboxylic acids is 2. The molecule has 0 aliphatic carbocycles. The Kier molecular flexibility index (Phi) is 5.26. The van der Waals surface area contributed by atoms with E-state index in [0.29, 0.717) is 18.9 Å². The Morgan fingerprint density at radius 2 is 2.22 bits per heavy atom. The zero-order valence-electron chi connectivity index (χ0n) is 13.8. The van der Waals surface area contributed by atoms with Crippen LogP contribution in [-0.4, -0.2) is 43.2 Å². The predicted octanol–water partition coefficient (Wildman–Crippen LogP) is 0.937. The molecule has 0 spiro atoms. The van der Waals surface area contributed by atoms with Crippen LogP contribution in [-0.2, 0) is 19.7 Å². The number of methoxy groups -OCH3 is 1. The van der Waals surface area contributed by atoms with E-state index in [-0.39, 0.29) is 29.7 Å². The van der Waals surface area contributed by atoms with E-state index in [1.807, 2.05) is 12.1 Å². The van der Waals surface area contributed by atoms with E-state index in [9.17, 15) is 14.7 Å². The van der Waals surface area contributed by atoms with Gasteiger partial charge < -0.3 is 20.5 Å². The van der Waals surface area contributed by atoms with Crippen molar-refractivity contribution in [2.24, 2.45) is 5.92 Å². The monoisotopic (exact) mass is 320 g/mol. The van der Waals surface area contributed by atoms with E-state index in [0.717, 1.165) is 5.56 Å². The maximum absolute atomic E-state index is 12.3. The lowest BCUT2D eigenvalue weighted by molar-refractivity contribution is -0.141. The molecule has 6 heteroatoms. The number of esters is 1. The highest BCUT2D eigenvalue weighted by molar-refractivity contribution is 5.85. The molecular formula is C17H24N2O4. The van der Waals surface area contributed by atoms with Gasteiger partial charge in [0.15, 0.2) is 0 Å². The molecule has 126 valence electrons. The van der Waals surface area contributed by atoms with Gasteiger partial charge in [0, 0.05) is 0 Å².